The molecule has 0 saturated heterocycles. The Balaban J connectivity index is 3.05. The SMILES string of the molecule is CCCCC=C(c1ccccc1)N(CCOC)C(=O)CCl. The second kappa shape index (κ2) is 10.4. The van der Waals surface area contributed by atoms with Gasteiger partial charge in [-0.3, -0.25) is 4.79 Å². The highest BCUT2D eigenvalue weighted by Gasteiger charge is 2.18. The van der Waals surface area contributed by atoms with Gasteiger partial charge in [0.05, 0.1) is 6.61 Å². The van der Waals surface area contributed by atoms with Crippen LogP contribution in [0.1, 0.15) is 31.7 Å². The second-order valence-corrected chi connectivity index (χ2v) is 5.04. The van der Waals surface area contributed by atoms with E-state index in [1.54, 1.807) is 12.0 Å². The normalized spacial score (nSPS) is 11.5. The quantitative estimate of drug-likeness (QED) is 0.511. The molecule has 0 unspecified atom stereocenters. The number of methoxy groups -OCH3 is 1. The fourth-order valence-corrected chi connectivity index (χ4v) is 2.21. The zero-order valence-electron chi connectivity index (χ0n) is 12.8. The number of ether oxygens (including phenoxy) is 1. The van der Waals surface area contributed by atoms with Gasteiger partial charge in [-0.25, -0.2) is 0 Å². The van der Waals surface area contributed by atoms with Crippen LogP contribution in [0.2, 0.25) is 0 Å². The van der Waals surface area contributed by atoms with Gasteiger partial charge < -0.3 is 9.64 Å². The number of rotatable bonds is 9. The first-order valence-electron chi connectivity index (χ1n) is 7.35. The third kappa shape index (κ3) is 5.90. The Hall–Kier alpha value is -1.32. The molecule has 0 aliphatic heterocycles. The molecule has 0 bridgehead atoms. The van der Waals surface area contributed by atoms with E-state index >= 15 is 0 Å². The lowest BCUT2D eigenvalue weighted by Crippen LogP contribution is -2.33. The minimum Gasteiger partial charge on any atom is -0.383 e. The Morgan fingerprint density at radius 2 is 2.05 bits per heavy atom. The summed E-state index contributed by atoms with van der Waals surface area (Å²) in [7, 11) is 1.63. The highest BCUT2D eigenvalue weighted by atomic mass is 35.5. The zero-order chi connectivity index (χ0) is 15.5. The molecule has 0 heterocycles. The minimum absolute atomic E-state index is 0.0261. The molecule has 0 aromatic heterocycles. The summed E-state index contributed by atoms with van der Waals surface area (Å²) in [6, 6.07) is 9.94. The monoisotopic (exact) mass is 309 g/mol. The first-order chi connectivity index (χ1) is 10.2. The molecule has 0 atom stereocenters. The topological polar surface area (TPSA) is 29.5 Å². The molecule has 0 saturated carbocycles. The Morgan fingerprint density at radius 3 is 2.62 bits per heavy atom. The summed E-state index contributed by atoms with van der Waals surface area (Å²) in [5, 5.41) is 0. The molecular formula is C17H24ClNO2. The average molecular weight is 310 g/mol. The average Bonchev–Trinajstić information content (AvgIpc) is 2.54. The molecule has 0 radical (unpaired) electrons. The predicted octanol–water partition coefficient (Wildman–Crippen LogP) is 3.93. The van der Waals surface area contributed by atoms with Crippen LogP contribution in [0.3, 0.4) is 0 Å². The van der Waals surface area contributed by atoms with E-state index in [1.807, 2.05) is 30.3 Å². The van der Waals surface area contributed by atoms with Crippen LogP contribution < -0.4 is 0 Å². The second-order valence-electron chi connectivity index (χ2n) is 4.77. The smallest absolute Gasteiger partial charge is 0.241 e. The molecule has 0 aliphatic rings. The van der Waals surface area contributed by atoms with Crippen molar-refractivity contribution in [2.75, 3.05) is 26.1 Å². The number of hydrogen-bond acceptors (Lipinski definition) is 2. The minimum atomic E-state index is -0.0969. The number of carbonyl (C=O) groups is 1. The van der Waals surface area contributed by atoms with Crippen LogP contribution in [-0.4, -0.2) is 36.9 Å². The number of benzene rings is 1. The molecule has 1 rings (SSSR count). The van der Waals surface area contributed by atoms with Gasteiger partial charge in [-0.05, 0) is 18.4 Å². The lowest BCUT2D eigenvalue weighted by Gasteiger charge is -2.25. The maximum Gasteiger partial charge on any atom is 0.241 e. The van der Waals surface area contributed by atoms with Gasteiger partial charge >= 0.3 is 0 Å². The van der Waals surface area contributed by atoms with Crippen LogP contribution in [0.25, 0.3) is 5.70 Å². The number of nitrogens with zero attached hydrogens (tertiary/aromatic N) is 1. The molecule has 0 fully saturated rings. The van der Waals surface area contributed by atoms with E-state index in [2.05, 4.69) is 13.0 Å². The fourth-order valence-electron chi connectivity index (χ4n) is 2.07. The van der Waals surface area contributed by atoms with Gasteiger partial charge in [0.2, 0.25) is 5.91 Å². The van der Waals surface area contributed by atoms with Crippen molar-refractivity contribution < 1.29 is 9.53 Å². The van der Waals surface area contributed by atoms with Crippen LogP contribution >= 0.6 is 11.6 Å². The molecule has 0 aliphatic carbocycles. The Labute approximate surface area is 132 Å². The summed E-state index contributed by atoms with van der Waals surface area (Å²) >= 11 is 5.76. The number of unbranched alkanes of at least 4 members (excludes halogenated alkanes) is 2. The number of alkyl halides is 1. The van der Waals surface area contributed by atoms with E-state index < -0.39 is 0 Å². The highest BCUT2D eigenvalue weighted by Crippen LogP contribution is 2.21. The summed E-state index contributed by atoms with van der Waals surface area (Å²) in [5.74, 6) is -0.123. The molecule has 0 spiro atoms. The summed E-state index contributed by atoms with van der Waals surface area (Å²) in [6.07, 6.45) is 5.29. The highest BCUT2D eigenvalue weighted by molar-refractivity contribution is 6.27. The molecule has 1 aromatic carbocycles. The number of allylic oxidation sites excluding steroid dienone is 1. The lowest BCUT2D eigenvalue weighted by molar-refractivity contribution is -0.125. The Morgan fingerprint density at radius 1 is 1.33 bits per heavy atom. The van der Waals surface area contributed by atoms with E-state index in [0.717, 1.165) is 30.5 Å². The third-order valence-electron chi connectivity index (χ3n) is 3.19. The largest absolute Gasteiger partial charge is 0.383 e. The van der Waals surface area contributed by atoms with Gasteiger partial charge in [-0.2, -0.15) is 0 Å². The maximum atomic E-state index is 12.2. The molecular weight excluding hydrogens is 286 g/mol. The van der Waals surface area contributed by atoms with E-state index in [4.69, 9.17) is 16.3 Å². The number of amides is 1. The predicted molar refractivity (Wildman–Crippen MR) is 88.3 cm³/mol. The number of carbonyl (C=O) groups excluding carboxylic acids is 1. The number of halogens is 1. The third-order valence-corrected chi connectivity index (χ3v) is 3.42. The molecule has 1 aromatic rings. The van der Waals surface area contributed by atoms with Crippen molar-refractivity contribution in [1.82, 2.24) is 4.90 Å². The van der Waals surface area contributed by atoms with Gasteiger partial charge in [0, 0.05) is 19.4 Å². The van der Waals surface area contributed by atoms with E-state index in [0.29, 0.717) is 13.2 Å². The fraction of sp³-hybridized carbons (Fsp3) is 0.471. The summed E-state index contributed by atoms with van der Waals surface area (Å²) in [6.45, 7) is 3.15. The van der Waals surface area contributed by atoms with E-state index in [1.165, 1.54) is 0 Å². The molecule has 21 heavy (non-hydrogen) atoms. The molecule has 1 amide bonds. The van der Waals surface area contributed by atoms with Crippen LogP contribution in [0.4, 0.5) is 0 Å². The Bertz CT molecular complexity index is 445. The van der Waals surface area contributed by atoms with Crippen molar-refractivity contribution in [3.05, 3.63) is 42.0 Å². The van der Waals surface area contributed by atoms with Crippen molar-refractivity contribution in [3.63, 3.8) is 0 Å². The van der Waals surface area contributed by atoms with Gasteiger partial charge in [0.15, 0.2) is 0 Å². The van der Waals surface area contributed by atoms with Crippen LogP contribution in [0.15, 0.2) is 36.4 Å². The lowest BCUT2D eigenvalue weighted by atomic mass is 10.1. The van der Waals surface area contributed by atoms with E-state index in [-0.39, 0.29) is 11.8 Å². The summed E-state index contributed by atoms with van der Waals surface area (Å²) in [5.41, 5.74) is 1.95. The first kappa shape index (κ1) is 17.7. The van der Waals surface area contributed by atoms with Crippen molar-refractivity contribution in [2.24, 2.45) is 0 Å². The van der Waals surface area contributed by atoms with Crippen LogP contribution in [0, 0.1) is 0 Å². The van der Waals surface area contributed by atoms with Crippen LogP contribution in [0.5, 0.6) is 0 Å². The van der Waals surface area contributed by atoms with Gasteiger partial charge in [-0.1, -0.05) is 49.8 Å². The Kier molecular flexibility index (Phi) is 8.79. The standard InChI is InChI=1S/C17H24ClNO2/c1-3-4-6-11-16(15-9-7-5-8-10-15)19(12-13-21-2)17(20)14-18/h5,7-11H,3-4,6,12-14H2,1-2H3. The van der Waals surface area contributed by atoms with Crippen LogP contribution in [-0.2, 0) is 9.53 Å². The van der Waals surface area contributed by atoms with Crippen molar-refractivity contribution in [1.29, 1.82) is 0 Å². The van der Waals surface area contributed by atoms with Gasteiger partial charge in [-0.15, -0.1) is 11.6 Å². The molecule has 4 heteroatoms. The van der Waals surface area contributed by atoms with Gasteiger partial charge in [0.1, 0.15) is 5.88 Å². The van der Waals surface area contributed by atoms with Gasteiger partial charge in [0.25, 0.3) is 0 Å². The molecule has 116 valence electrons. The summed E-state index contributed by atoms with van der Waals surface area (Å²) < 4.78 is 5.11. The summed E-state index contributed by atoms with van der Waals surface area (Å²) in [4.78, 5) is 13.9. The van der Waals surface area contributed by atoms with Crippen molar-refractivity contribution in [3.8, 4) is 0 Å². The van der Waals surface area contributed by atoms with Crippen molar-refractivity contribution >= 4 is 23.2 Å². The molecule has 3 nitrogen and oxygen atoms in total. The maximum absolute atomic E-state index is 12.2. The number of hydrogen-bond donors (Lipinski definition) is 0. The van der Waals surface area contributed by atoms with E-state index in [9.17, 15) is 4.79 Å². The molecule has 0 N–H and O–H groups in total. The zero-order valence-corrected chi connectivity index (χ0v) is 13.6. The van der Waals surface area contributed by atoms with Crippen molar-refractivity contribution in [2.45, 2.75) is 26.2 Å². The first-order valence-corrected chi connectivity index (χ1v) is 7.88.